The quantitative estimate of drug-likeness (QED) is 0.771. The van der Waals surface area contributed by atoms with Gasteiger partial charge in [0, 0.05) is 0 Å². The molecule has 1 aliphatic rings. The molecule has 1 aromatic heterocycles. The Morgan fingerprint density at radius 1 is 1.29 bits per heavy atom. The lowest BCUT2D eigenvalue weighted by molar-refractivity contribution is 0.0854. The van der Waals surface area contributed by atoms with Crippen LogP contribution in [0, 0.1) is 5.92 Å². The molecule has 17 heavy (non-hydrogen) atoms. The van der Waals surface area contributed by atoms with Crippen molar-refractivity contribution in [3.8, 4) is 5.88 Å². The summed E-state index contributed by atoms with van der Waals surface area (Å²) in [5.74, 6) is 1.69. The molecule has 1 heterocycles. The van der Waals surface area contributed by atoms with Crippen LogP contribution < -0.4 is 4.74 Å². The Balaban J connectivity index is 1.98. The number of rotatable bonds is 4. The Labute approximate surface area is 108 Å². The van der Waals surface area contributed by atoms with Crippen LogP contribution in [0.1, 0.15) is 44.7 Å². The standard InChI is InChI=1S/C13H19ClN2O/c1-2-10-5-3-4-6-12(10)17-13-9-15-11(7-14)8-16-13/h8-10,12H,2-7H2,1H3. The fraction of sp³-hybridized carbons (Fsp3) is 0.692. The molecule has 3 nitrogen and oxygen atoms in total. The van der Waals surface area contributed by atoms with E-state index in [1.165, 1.54) is 25.7 Å². The maximum atomic E-state index is 5.94. The van der Waals surface area contributed by atoms with Crippen molar-refractivity contribution in [3.05, 3.63) is 18.1 Å². The lowest BCUT2D eigenvalue weighted by Gasteiger charge is -2.30. The topological polar surface area (TPSA) is 35.0 Å². The van der Waals surface area contributed by atoms with E-state index in [1.54, 1.807) is 12.4 Å². The lowest BCUT2D eigenvalue weighted by Crippen LogP contribution is -2.30. The highest BCUT2D eigenvalue weighted by molar-refractivity contribution is 6.16. The molecule has 0 amide bonds. The summed E-state index contributed by atoms with van der Waals surface area (Å²) in [5.41, 5.74) is 0.787. The van der Waals surface area contributed by atoms with Gasteiger partial charge in [-0.1, -0.05) is 13.3 Å². The van der Waals surface area contributed by atoms with Crippen LogP contribution in [0.25, 0.3) is 0 Å². The maximum absolute atomic E-state index is 5.94. The van der Waals surface area contributed by atoms with E-state index in [0.717, 1.165) is 12.1 Å². The molecule has 0 aliphatic heterocycles. The van der Waals surface area contributed by atoms with E-state index < -0.39 is 0 Å². The highest BCUT2D eigenvalue weighted by Crippen LogP contribution is 2.29. The van der Waals surface area contributed by atoms with Crippen molar-refractivity contribution in [2.75, 3.05) is 0 Å². The maximum Gasteiger partial charge on any atom is 0.232 e. The molecule has 94 valence electrons. The van der Waals surface area contributed by atoms with E-state index in [4.69, 9.17) is 16.3 Å². The van der Waals surface area contributed by atoms with Crippen molar-refractivity contribution in [3.63, 3.8) is 0 Å². The summed E-state index contributed by atoms with van der Waals surface area (Å²) in [6.07, 6.45) is 9.85. The van der Waals surface area contributed by atoms with Crippen LogP contribution in [0.2, 0.25) is 0 Å². The van der Waals surface area contributed by atoms with Gasteiger partial charge in [0.15, 0.2) is 0 Å². The summed E-state index contributed by atoms with van der Waals surface area (Å²) in [7, 11) is 0. The number of halogens is 1. The minimum absolute atomic E-state index is 0.310. The predicted octanol–water partition coefficient (Wildman–Crippen LogP) is 3.56. The van der Waals surface area contributed by atoms with Gasteiger partial charge in [-0.15, -0.1) is 11.6 Å². The second kappa shape index (κ2) is 6.20. The summed E-state index contributed by atoms with van der Waals surface area (Å²) in [4.78, 5) is 8.44. The van der Waals surface area contributed by atoms with Crippen molar-refractivity contribution in [2.45, 2.75) is 51.0 Å². The van der Waals surface area contributed by atoms with Crippen LogP contribution in [-0.4, -0.2) is 16.1 Å². The smallest absolute Gasteiger partial charge is 0.232 e. The Morgan fingerprint density at radius 3 is 2.76 bits per heavy atom. The molecule has 1 aromatic rings. The van der Waals surface area contributed by atoms with E-state index in [0.29, 0.717) is 23.8 Å². The first-order chi connectivity index (χ1) is 8.33. The van der Waals surface area contributed by atoms with E-state index >= 15 is 0 Å². The van der Waals surface area contributed by atoms with E-state index in [2.05, 4.69) is 16.9 Å². The van der Waals surface area contributed by atoms with Crippen molar-refractivity contribution in [1.82, 2.24) is 9.97 Å². The predicted molar refractivity (Wildman–Crippen MR) is 68.3 cm³/mol. The normalized spacial score (nSPS) is 24.6. The molecule has 1 aliphatic carbocycles. The second-order valence-electron chi connectivity index (χ2n) is 4.59. The summed E-state index contributed by atoms with van der Waals surface area (Å²) in [6.45, 7) is 2.23. The summed E-state index contributed by atoms with van der Waals surface area (Å²) in [5, 5.41) is 0. The van der Waals surface area contributed by atoms with Gasteiger partial charge in [-0.2, -0.15) is 0 Å². The van der Waals surface area contributed by atoms with Crippen LogP contribution in [0.15, 0.2) is 12.4 Å². The van der Waals surface area contributed by atoms with Crippen LogP contribution in [0.3, 0.4) is 0 Å². The average Bonchev–Trinajstić information content (AvgIpc) is 2.40. The number of nitrogens with zero attached hydrogens (tertiary/aromatic N) is 2. The molecule has 0 radical (unpaired) electrons. The van der Waals surface area contributed by atoms with Crippen molar-refractivity contribution >= 4 is 11.6 Å². The van der Waals surface area contributed by atoms with Gasteiger partial charge < -0.3 is 4.74 Å². The van der Waals surface area contributed by atoms with Crippen LogP contribution in [0.5, 0.6) is 5.88 Å². The zero-order chi connectivity index (χ0) is 12.1. The minimum Gasteiger partial charge on any atom is -0.473 e. The molecule has 2 rings (SSSR count). The third-order valence-corrected chi connectivity index (χ3v) is 3.73. The molecule has 0 aromatic carbocycles. The van der Waals surface area contributed by atoms with E-state index in [1.807, 2.05) is 0 Å². The molecule has 2 unspecified atom stereocenters. The first-order valence-corrected chi connectivity index (χ1v) is 6.90. The Bertz CT molecular complexity index is 342. The third kappa shape index (κ3) is 3.32. The van der Waals surface area contributed by atoms with E-state index in [9.17, 15) is 0 Å². The molecule has 2 atom stereocenters. The van der Waals surface area contributed by atoms with Gasteiger partial charge in [0.05, 0.1) is 24.0 Å². The van der Waals surface area contributed by atoms with Crippen molar-refractivity contribution in [2.24, 2.45) is 5.92 Å². The van der Waals surface area contributed by atoms with Crippen molar-refractivity contribution < 1.29 is 4.74 Å². The Morgan fingerprint density at radius 2 is 2.12 bits per heavy atom. The number of hydrogen-bond acceptors (Lipinski definition) is 3. The molecule has 1 fully saturated rings. The molecule has 4 heteroatoms. The molecular formula is C13H19ClN2O. The number of hydrogen-bond donors (Lipinski definition) is 0. The summed E-state index contributed by atoms with van der Waals surface area (Å²) < 4.78 is 5.94. The molecule has 0 saturated heterocycles. The van der Waals surface area contributed by atoms with Gasteiger partial charge in [0.2, 0.25) is 5.88 Å². The third-order valence-electron chi connectivity index (χ3n) is 3.45. The van der Waals surface area contributed by atoms with Crippen LogP contribution in [-0.2, 0) is 5.88 Å². The zero-order valence-electron chi connectivity index (χ0n) is 10.2. The first kappa shape index (κ1) is 12.6. The minimum atomic E-state index is 0.310. The Hall–Kier alpha value is -0.830. The highest BCUT2D eigenvalue weighted by Gasteiger charge is 2.25. The molecule has 1 saturated carbocycles. The van der Waals surface area contributed by atoms with Gasteiger partial charge in [-0.25, -0.2) is 4.98 Å². The van der Waals surface area contributed by atoms with Crippen molar-refractivity contribution in [1.29, 1.82) is 0 Å². The summed E-state index contributed by atoms with van der Waals surface area (Å²) >= 11 is 5.67. The fourth-order valence-corrected chi connectivity index (χ4v) is 2.56. The number of ether oxygens (including phenoxy) is 1. The fourth-order valence-electron chi connectivity index (χ4n) is 2.42. The number of aromatic nitrogens is 2. The molecular weight excluding hydrogens is 236 g/mol. The SMILES string of the molecule is CCC1CCCCC1Oc1cnc(CCl)cn1. The van der Waals surface area contributed by atoms with Gasteiger partial charge in [-0.3, -0.25) is 4.98 Å². The van der Waals surface area contributed by atoms with Crippen LogP contribution >= 0.6 is 11.6 Å². The van der Waals surface area contributed by atoms with Gasteiger partial charge >= 0.3 is 0 Å². The summed E-state index contributed by atoms with van der Waals surface area (Å²) in [6, 6.07) is 0. The number of alkyl halides is 1. The second-order valence-corrected chi connectivity index (χ2v) is 4.86. The van der Waals surface area contributed by atoms with Gasteiger partial charge in [0.25, 0.3) is 0 Å². The average molecular weight is 255 g/mol. The zero-order valence-corrected chi connectivity index (χ0v) is 11.0. The lowest BCUT2D eigenvalue weighted by atomic mass is 9.85. The van der Waals surface area contributed by atoms with Gasteiger partial charge in [-0.05, 0) is 31.6 Å². The monoisotopic (exact) mass is 254 g/mol. The van der Waals surface area contributed by atoms with Gasteiger partial charge in [0.1, 0.15) is 6.10 Å². The Kier molecular flexibility index (Phi) is 4.60. The van der Waals surface area contributed by atoms with Crippen LogP contribution in [0.4, 0.5) is 0 Å². The first-order valence-electron chi connectivity index (χ1n) is 6.37. The largest absolute Gasteiger partial charge is 0.473 e. The molecule has 0 spiro atoms. The highest BCUT2D eigenvalue weighted by atomic mass is 35.5. The van der Waals surface area contributed by atoms with E-state index in [-0.39, 0.29) is 0 Å². The molecule has 0 bridgehead atoms. The molecule has 0 N–H and O–H groups in total.